The van der Waals surface area contributed by atoms with E-state index in [0.717, 1.165) is 48.5 Å². The van der Waals surface area contributed by atoms with Gasteiger partial charge in [-0.25, -0.2) is 9.97 Å². The summed E-state index contributed by atoms with van der Waals surface area (Å²) in [5.74, 6) is 1.09. The smallest absolute Gasteiger partial charge is 0.223 e. The number of aryl methyl sites for hydroxylation is 1. The van der Waals surface area contributed by atoms with Crippen molar-refractivity contribution in [2.75, 3.05) is 31.6 Å². The molecule has 4 heterocycles. The lowest BCUT2D eigenvalue weighted by molar-refractivity contribution is -0.0136. The minimum absolute atomic E-state index is 0.0813. The molecule has 0 saturated carbocycles. The Morgan fingerprint density at radius 3 is 2.85 bits per heavy atom. The minimum atomic E-state index is -0.538. The van der Waals surface area contributed by atoms with Crippen molar-refractivity contribution in [2.45, 2.75) is 51.2 Å². The standard InChI is InChI=1S/C19H27N5O2S/c1-11-9-21-19(22-14-5-8-26-10-15(14)25)23-16(11)18-12(2)17(24-27-18)13-3-6-20-7-4-13/h9,13-15,20,25H,3-8,10H2,1-2H3,(H,21,22,23)/t14-,15-/m1/s1. The molecule has 27 heavy (non-hydrogen) atoms. The summed E-state index contributed by atoms with van der Waals surface area (Å²) < 4.78 is 10.1. The van der Waals surface area contributed by atoms with E-state index in [1.165, 1.54) is 22.8 Å². The van der Waals surface area contributed by atoms with E-state index < -0.39 is 6.10 Å². The van der Waals surface area contributed by atoms with Crippen LogP contribution in [0.5, 0.6) is 0 Å². The molecule has 2 fully saturated rings. The number of aliphatic hydroxyl groups excluding tert-OH is 1. The van der Waals surface area contributed by atoms with Crippen molar-refractivity contribution in [3.63, 3.8) is 0 Å². The fraction of sp³-hybridized carbons (Fsp3) is 0.632. The number of ether oxygens (including phenoxy) is 1. The van der Waals surface area contributed by atoms with Crippen LogP contribution in [-0.2, 0) is 4.74 Å². The maximum Gasteiger partial charge on any atom is 0.223 e. The van der Waals surface area contributed by atoms with Crippen molar-refractivity contribution >= 4 is 17.5 Å². The molecule has 146 valence electrons. The van der Waals surface area contributed by atoms with Gasteiger partial charge < -0.3 is 20.5 Å². The highest BCUT2D eigenvalue weighted by atomic mass is 32.1. The van der Waals surface area contributed by atoms with Crippen molar-refractivity contribution in [2.24, 2.45) is 0 Å². The number of piperidine rings is 1. The lowest BCUT2D eigenvalue weighted by Gasteiger charge is -2.28. The van der Waals surface area contributed by atoms with E-state index in [-0.39, 0.29) is 6.04 Å². The Labute approximate surface area is 163 Å². The Kier molecular flexibility index (Phi) is 5.68. The Morgan fingerprint density at radius 1 is 1.26 bits per heavy atom. The van der Waals surface area contributed by atoms with Crippen molar-refractivity contribution in [1.82, 2.24) is 19.7 Å². The summed E-state index contributed by atoms with van der Waals surface area (Å²) >= 11 is 1.53. The van der Waals surface area contributed by atoms with Gasteiger partial charge in [0.05, 0.1) is 35.0 Å². The molecule has 2 saturated heterocycles. The molecule has 2 aromatic heterocycles. The summed E-state index contributed by atoms with van der Waals surface area (Å²) in [5, 5.41) is 16.8. The predicted octanol–water partition coefficient (Wildman–Crippen LogP) is 2.25. The van der Waals surface area contributed by atoms with Crippen LogP contribution in [0.1, 0.15) is 42.0 Å². The van der Waals surface area contributed by atoms with Gasteiger partial charge >= 0.3 is 0 Å². The number of hydrogen-bond acceptors (Lipinski definition) is 8. The predicted molar refractivity (Wildman–Crippen MR) is 106 cm³/mol. The van der Waals surface area contributed by atoms with Crippen LogP contribution < -0.4 is 10.6 Å². The molecular weight excluding hydrogens is 362 g/mol. The van der Waals surface area contributed by atoms with Gasteiger partial charge in [0.25, 0.3) is 0 Å². The maximum atomic E-state index is 10.1. The number of nitrogens with zero attached hydrogens (tertiary/aromatic N) is 3. The second-order valence-corrected chi connectivity index (χ2v) is 8.23. The zero-order chi connectivity index (χ0) is 18.8. The Hall–Kier alpha value is -1.61. The SMILES string of the molecule is Cc1cnc(N[C@@H]2CCOC[C@H]2O)nc1-c1snc(C2CCNCC2)c1C. The molecule has 8 heteroatoms. The molecule has 0 spiro atoms. The van der Waals surface area contributed by atoms with Crippen molar-refractivity contribution < 1.29 is 9.84 Å². The fourth-order valence-electron chi connectivity index (χ4n) is 3.84. The van der Waals surface area contributed by atoms with Crippen LogP contribution in [0.2, 0.25) is 0 Å². The molecule has 2 atom stereocenters. The first-order chi connectivity index (χ1) is 13.1. The van der Waals surface area contributed by atoms with Crippen LogP contribution in [0.4, 0.5) is 5.95 Å². The van der Waals surface area contributed by atoms with Crippen molar-refractivity contribution in [3.8, 4) is 10.6 Å². The molecule has 2 aromatic rings. The lowest BCUT2D eigenvalue weighted by Crippen LogP contribution is -2.42. The van der Waals surface area contributed by atoms with Gasteiger partial charge in [-0.1, -0.05) is 0 Å². The van der Waals surface area contributed by atoms with Crippen LogP contribution in [0, 0.1) is 13.8 Å². The first kappa shape index (κ1) is 18.7. The van der Waals surface area contributed by atoms with Gasteiger partial charge in [-0.15, -0.1) is 0 Å². The third-order valence-corrected chi connectivity index (χ3v) is 6.48. The molecule has 0 amide bonds. The van der Waals surface area contributed by atoms with Gasteiger partial charge in [0.15, 0.2) is 0 Å². The van der Waals surface area contributed by atoms with Gasteiger partial charge in [0.2, 0.25) is 5.95 Å². The van der Waals surface area contributed by atoms with Crippen LogP contribution in [0.25, 0.3) is 10.6 Å². The van der Waals surface area contributed by atoms with Crippen LogP contribution in [0.15, 0.2) is 6.20 Å². The number of rotatable bonds is 4. The van der Waals surface area contributed by atoms with E-state index >= 15 is 0 Å². The van der Waals surface area contributed by atoms with Gasteiger partial charge in [-0.3, -0.25) is 0 Å². The highest BCUT2D eigenvalue weighted by Crippen LogP contribution is 2.36. The average molecular weight is 390 g/mol. The molecule has 4 rings (SSSR count). The van der Waals surface area contributed by atoms with Crippen LogP contribution >= 0.6 is 11.5 Å². The molecule has 2 aliphatic rings. The van der Waals surface area contributed by atoms with E-state index in [9.17, 15) is 5.11 Å². The van der Waals surface area contributed by atoms with Crippen LogP contribution in [-0.4, -0.2) is 57.9 Å². The Bertz CT molecular complexity index is 790. The molecular formula is C19H27N5O2S. The topological polar surface area (TPSA) is 92.2 Å². The minimum Gasteiger partial charge on any atom is -0.389 e. The summed E-state index contributed by atoms with van der Waals surface area (Å²) in [6, 6.07) is -0.0813. The maximum absolute atomic E-state index is 10.1. The number of nitrogens with one attached hydrogen (secondary N) is 2. The quantitative estimate of drug-likeness (QED) is 0.738. The van der Waals surface area contributed by atoms with Gasteiger partial charge in [0, 0.05) is 18.7 Å². The molecule has 7 nitrogen and oxygen atoms in total. The van der Waals surface area contributed by atoms with E-state index in [1.54, 1.807) is 0 Å². The molecule has 2 aliphatic heterocycles. The van der Waals surface area contributed by atoms with Crippen LogP contribution in [0.3, 0.4) is 0 Å². The molecule has 0 aromatic carbocycles. The van der Waals surface area contributed by atoms with Crippen molar-refractivity contribution in [1.29, 1.82) is 0 Å². The molecule has 0 bridgehead atoms. The molecule has 0 aliphatic carbocycles. The summed E-state index contributed by atoms with van der Waals surface area (Å²) in [7, 11) is 0. The molecule has 0 unspecified atom stereocenters. The summed E-state index contributed by atoms with van der Waals surface area (Å²) in [5.41, 5.74) is 4.44. The third-order valence-electron chi connectivity index (χ3n) is 5.51. The Morgan fingerprint density at radius 2 is 2.07 bits per heavy atom. The zero-order valence-electron chi connectivity index (χ0n) is 15.9. The number of aromatic nitrogens is 3. The highest BCUT2D eigenvalue weighted by molar-refractivity contribution is 7.09. The summed E-state index contributed by atoms with van der Waals surface area (Å²) in [6.07, 6.45) is 4.33. The zero-order valence-corrected chi connectivity index (χ0v) is 16.7. The second kappa shape index (κ2) is 8.18. The number of anilines is 1. The number of aliphatic hydroxyl groups is 1. The second-order valence-electron chi connectivity index (χ2n) is 7.45. The fourth-order valence-corrected chi connectivity index (χ4v) is 4.85. The molecule has 0 radical (unpaired) electrons. The van der Waals surface area contributed by atoms with Gasteiger partial charge in [0.1, 0.15) is 0 Å². The van der Waals surface area contributed by atoms with E-state index in [4.69, 9.17) is 14.1 Å². The highest BCUT2D eigenvalue weighted by Gasteiger charge is 2.26. The number of hydrogen-bond donors (Lipinski definition) is 3. The lowest BCUT2D eigenvalue weighted by atomic mass is 9.91. The third kappa shape index (κ3) is 3.99. The first-order valence-corrected chi connectivity index (χ1v) is 10.4. The Balaban J connectivity index is 1.59. The van der Waals surface area contributed by atoms with Gasteiger partial charge in [-0.05, 0) is 68.9 Å². The molecule has 3 N–H and O–H groups in total. The van der Waals surface area contributed by atoms with E-state index in [1.807, 2.05) is 13.1 Å². The monoisotopic (exact) mass is 389 g/mol. The summed E-state index contributed by atoms with van der Waals surface area (Å²) in [6.45, 7) is 7.31. The van der Waals surface area contributed by atoms with Crippen molar-refractivity contribution in [3.05, 3.63) is 23.0 Å². The largest absolute Gasteiger partial charge is 0.389 e. The van der Waals surface area contributed by atoms with E-state index in [0.29, 0.717) is 25.1 Å². The first-order valence-electron chi connectivity index (χ1n) is 9.66. The summed E-state index contributed by atoms with van der Waals surface area (Å²) in [4.78, 5) is 10.3. The normalized spacial score (nSPS) is 24.1. The van der Waals surface area contributed by atoms with Gasteiger partial charge in [-0.2, -0.15) is 4.37 Å². The average Bonchev–Trinajstić information content (AvgIpc) is 3.07. The van der Waals surface area contributed by atoms with E-state index in [2.05, 4.69) is 22.5 Å².